The van der Waals surface area contributed by atoms with Gasteiger partial charge in [0.05, 0.1) is 11.7 Å². The zero-order valence-electron chi connectivity index (χ0n) is 10.4. The van der Waals surface area contributed by atoms with E-state index in [0.29, 0.717) is 15.1 Å². The molecule has 2 atom stereocenters. The summed E-state index contributed by atoms with van der Waals surface area (Å²) in [6.07, 6.45) is 0.342. The summed E-state index contributed by atoms with van der Waals surface area (Å²) < 4.78 is 0.683. The van der Waals surface area contributed by atoms with E-state index >= 15 is 0 Å². The second-order valence-corrected chi connectivity index (χ2v) is 5.58. The highest BCUT2D eigenvalue weighted by Gasteiger charge is 2.15. The maximum absolute atomic E-state index is 11.9. The molecule has 5 heteroatoms. The number of rotatable bonds is 5. The maximum Gasteiger partial charge on any atom is 0.252 e. The van der Waals surface area contributed by atoms with Gasteiger partial charge in [0, 0.05) is 16.0 Å². The summed E-state index contributed by atoms with van der Waals surface area (Å²) >= 11 is 9.14. The molecule has 0 bridgehead atoms. The Balaban J connectivity index is 2.63. The Kier molecular flexibility index (Phi) is 6.12. The zero-order valence-corrected chi connectivity index (χ0v) is 12.8. The molecule has 0 aliphatic rings. The molecule has 0 aliphatic carbocycles. The number of halogens is 2. The molecule has 0 aliphatic heterocycles. The SMILES string of the molecule is CCC(C)C(O)CNC(=O)c1cc(Cl)ccc1Br. The van der Waals surface area contributed by atoms with Crippen molar-refractivity contribution < 1.29 is 9.90 Å². The van der Waals surface area contributed by atoms with Gasteiger partial charge in [0.1, 0.15) is 0 Å². The van der Waals surface area contributed by atoms with Crippen molar-refractivity contribution >= 4 is 33.4 Å². The molecule has 2 N–H and O–H groups in total. The van der Waals surface area contributed by atoms with Gasteiger partial charge in [0.15, 0.2) is 0 Å². The number of hydrogen-bond donors (Lipinski definition) is 2. The Morgan fingerprint density at radius 2 is 2.22 bits per heavy atom. The van der Waals surface area contributed by atoms with Crippen molar-refractivity contribution in [2.75, 3.05) is 6.54 Å². The van der Waals surface area contributed by atoms with Crippen LogP contribution in [0.3, 0.4) is 0 Å². The lowest BCUT2D eigenvalue weighted by molar-refractivity contribution is 0.0849. The molecule has 1 aromatic rings. The van der Waals surface area contributed by atoms with Crippen molar-refractivity contribution in [1.29, 1.82) is 0 Å². The molecule has 0 spiro atoms. The number of benzene rings is 1. The molecule has 0 saturated heterocycles. The van der Waals surface area contributed by atoms with Crippen LogP contribution in [0.1, 0.15) is 30.6 Å². The number of amides is 1. The van der Waals surface area contributed by atoms with Crippen LogP contribution in [0.15, 0.2) is 22.7 Å². The molecule has 0 heterocycles. The minimum atomic E-state index is -0.531. The summed E-state index contributed by atoms with van der Waals surface area (Å²) in [5, 5.41) is 13.0. The molecular formula is C13H17BrClNO2. The van der Waals surface area contributed by atoms with Crippen LogP contribution in [0.4, 0.5) is 0 Å². The van der Waals surface area contributed by atoms with Crippen molar-refractivity contribution in [2.45, 2.75) is 26.4 Å². The van der Waals surface area contributed by atoms with E-state index in [9.17, 15) is 9.90 Å². The van der Waals surface area contributed by atoms with Crippen LogP contribution in [-0.4, -0.2) is 23.7 Å². The third-order valence-corrected chi connectivity index (χ3v) is 3.87. The van der Waals surface area contributed by atoms with Crippen molar-refractivity contribution in [3.05, 3.63) is 33.3 Å². The molecule has 1 amide bonds. The zero-order chi connectivity index (χ0) is 13.7. The summed E-state index contributed by atoms with van der Waals surface area (Å²) in [5.41, 5.74) is 0.471. The van der Waals surface area contributed by atoms with Gasteiger partial charge in [0.25, 0.3) is 5.91 Å². The molecule has 3 nitrogen and oxygen atoms in total. The lowest BCUT2D eigenvalue weighted by Crippen LogP contribution is -2.35. The lowest BCUT2D eigenvalue weighted by atomic mass is 10.0. The number of aliphatic hydroxyl groups is 1. The summed E-state index contributed by atoms with van der Waals surface area (Å²) in [5.74, 6) is -0.0835. The van der Waals surface area contributed by atoms with Crippen molar-refractivity contribution in [2.24, 2.45) is 5.92 Å². The number of hydrogen-bond acceptors (Lipinski definition) is 2. The van der Waals surface area contributed by atoms with Crippen LogP contribution in [0.5, 0.6) is 0 Å². The van der Waals surface area contributed by atoms with Crippen molar-refractivity contribution in [3.8, 4) is 0 Å². The van der Waals surface area contributed by atoms with E-state index in [0.717, 1.165) is 6.42 Å². The van der Waals surface area contributed by atoms with Gasteiger partial charge in [-0.15, -0.1) is 0 Å². The first-order valence-electron chi connectivity index (χ1n) is 5.87. The van der Waals surface area contributed by atoms with E-state index in [4.69, 9.17) is 11.6 Å². The van der Waals surface area contributed by atoms with Gasteiger partial charge >= 0.3 is 0 Å². The average Bonchev–Trinajstić information content (AvgIpc) is 2.37. The summed E-state index contributed by atoms with van der Waals surface area (Å²) in [6, 6.07) is 5.02. The third-order valence-electron chi connectivity index (χ3n) is 2.95. The molecule has 1 aromatic carbocycles. The highest BCUT2D eigenvalue weighted by molar-refractivity contribution is 9.10. The first-order chi connectivity index (χ1) is 8.45. The van der Waals surface area contributed by atoms with Crippen LogP contribution in [0.25, 0.3) is 0 Å². The fourth-order valence-electron chi connectivity index (χ4n) is 1.44. The highest BCUT2D eigenvalue weighted by atomic mass is 79.9. The van der Waals surface area contributed by atoms with Crippen LogP contribution >= 0.6 is 27.5 Å². The van der Waals surface area contributed by atoms with E-state index in [2.05, 4.69) is 21.2 Å². The monoisotopic (exact) mass is 333 g/mol. The smallest absolute Gasteiger partial charge is 0.252 e. The molecule has 2 unspecified atom stereocenters. The first kappa shape index (κ1) is 15.5. The van der Waals surface area contributed by atoms with Gasteiger partial charge in [-0.2, -0.15) is 0 Å². The average molecular weight is 335 g/mol. The number of carbonyl (C=O) groups is 1. The summed E-state index contributed by atoms with van der Waals surface area (Å²) in [7, 11) is 0. The van der Waals surface area contributed by atoms with E-state index in [1.807, 2.05) is 13.8 Å². The predicted molar refractivity (Wildman–Crippen MR) is 76.9 cm³/mol. The summed E-state index contributed by atoms with van der Waals surface area (Å²) in [4.78, 5) is 11.9. The molecule has 0 saturated carbocycles. The Morgan fingerprint density at radius 1 is 1.56 bits per heavy atom. The van der Waals surface area contributed by atoms with Gasteiger partial charge in [-0.3, -0.25) is 4.79 Å². The second kappa shape index (κ2) is 7.12. The second-order valence-electron chi connectivity index (χ2n) is 4.29. The highest BCUT2D eigenvalue weighted by Crippen LogP contribution is 2.21. The predicted octanol–water partition coefficient (Wildman–Crippen LogP) is 3.24. The number of aliphatic hydroxyl groups excluding tert-OH is 1. The fourth-order valence-corrected chi connectivity index (χ4v) is 2.04. The molecule has 0 radical (unpaired) electrons. The number of carbonyl (C=O) groups excluding carboxylic acids is 1. The Morgan fingerprint density at radius 3 is 2.83 bits per heavy atom. The van der Waals surface area contributed by atoms with Crippen molar-refractivity contribution in [3.63, 3.8) is 0 Å². The van der Waals surface area contributed by atoms with E-state index in [-0.39, 0.29) is 18.4 Å². The van der Waals surface area contributed by atoms with Crippen LogP contribution in [0.2, 0.25) is 5.02 Å². The van der Waals surface area contributed by atoms with E-state index in [1.165, 1.54) is 0 Å². The van der Waals surface area contributed by atoms with Crippen molar-refractivity contribution in [1.82, 2.24) is 5.32 Å². The molecule has 0 fully saturated rings. The topological polar surface area (TPSA) is 49.3 Å². The standard InChI is InChI=1S/C13H17BrClNO2/c1-3-8(2)12(17)7-16-13(18)10-6-9(15)4-5-11(10)14/h4-6,8,12,17H,3,7H2,1-2H3,(H,16,18). The molecular weight excluding hydrogens is 318 g/mol. The minimum Gasteiger partial charge on any atom is -0.391 e. The van der Waals surface area contributed by atoms with Gasteiger partial charge in [-0.25, -0.2) is 0 Å². The van der Waals surface area contributed by atoms with Gasteiger partial charge in [-0.1, -0.05) is 31.9 Å². The van der Waals surface area contributed by atoms with Gasteiger partial charge < -0.3 is 10.4 Å². The lowest BCUT2D eigenvalue weighted by Gasteiger charge is -2.17. The summed E-state index contributed by atoms with van der Waals surface area (Å²) in [6.45, 7) is 4.20. The molecule has 1 rings (SSSR count). The van der Waals surface area contributed by atoms with Gasteiger partial charge in [-0.05, 0) is 40.0 Å². The Labute approximate surface area is 121 Å². The third kappa shape index (κ3) is 4.26. The minimum absolute atomic E-state index is 0.160. The fraction of sp³-hybridized carbons (Fsp3) is 0.462. The van der Waals surface area contributed by atoms with E-state index in [1.54, 1.807) is 18.2 Å². The van der Waals surface area contributed by atoms with E-state index < -0.39 is 6.10 Å². The first-order valence-corrected chi connectivity index (χ1v) is 7.04. The Hall–Kier alpha value is -0.580. The van der Waals surface area contributed by atoms with Crippen LogP contribution < -0.4 is 5.32 Å². The quantitative estimate of drug-likeness (QED) is 0.868. The largest absolute Gasteiger partial charge is 0.391 e. The van der Waals surface area contributed by atoms with Crippen LogP contribution in [0, 0.1) is 5.92 Å². The molecule has 0 aromatic heterocycles. The maximum atomic E-state index is 11.9. The number of nitrogens with one attached hydrogen (secondary N) is 1. The normalized spacial score (nSPS) is 14.1. The molecule has 100 valence electrons. The van der Waals surface area contributed by atoms with Crippen LogP contribution in [-0.2, 0) is 0 Å². The molecule has 18 heavy (non-hydrogen) atoms. The Bertz CT molecular complexity index is 425. The van der Waals surface area contributed by atoms with Gasteiger partial charge in [0.2, 0.25) is 0 Å².